The Kier molecular flexibility index (Phi) is 4.49. The first-order valence-corrected chi connectivity index (χ1v) is 9.37. The predicted molar refractivity (Wildman–Crippen MR) is 92.5 cm³/mol. The van der Waals surface area contributed by atoms with Crippen LogP contribution < -0.4 is 9.62 Å². The number of carbonyl (C=O) groups is 2. The normalized spacial score (nSPS) is 15.2. The summed E-state index contributed by atoms with van der Waals surface area (Å²) in [5, 5.41) is 0. The molecule has 8 heteroatoms. The number of hydrogen-bond donors (Lipinski definition) is 2. The lowest BCUT2D eigenvalue weighted by Gasteiger charge is -2.14. The van der Waals surface area contributed by atoms with Gasteiger partial charge in [0, 0.05) is 30.8 Å². The molecule has 2 N–H and O–H groups in total. The van der Waals surface area contributed by atoms with Crippen molar-refractivity contribution in [2.24, 2.45) is 0 Å². The third-order valence-corrected chi connectivity index (χ3v) is 5.58. The molecule has 2 aromatic rings. The molecule has 1 aliphatic heterocycles. The van der Waals surface area contributed by atoms with E-state index in [1.165, 1.54) is 24.3 Å². The van der Waals surface area contributed by atoms with E-state index in [4.69, 9.17) is 0 Å². The molecular formula is C17H19N3O4S. The van der Waals surface area contributed by atoms with E-state index in [9.17, 15) is 18.0 Å². The first kappa shape index (κ1) is 17.4. The maximum absolute atomic E-state index is 12.4. The summed E-state index contributed by atoms with van der Waals surface area (Å²) in [6, 6.07) is 7.63. The lowest BCUT2D eigenvalue weighted by atomic mass is 10.2. The van der Waals surface area contributed by atoms with Crippen molar-refractivity contribution in [2.45, 2.75) is 38.1 Å². The molecule has 3 rings (SSSR count). The number of amides is 2. The second-order valence-corrected chi connectivity index (χ2v) is 7.81. The highest BCUT2D eigenvalue weighted by molar-refractivity contribution is 7.89. The molecule has 1 aliphatic rings. The molecule has 1 saturated heterocycles. The van der Waals surface area contributed by atoms with Crippen LogP contribution in [-0.2, 0) is 26.2 Å². The monoisotopic (exact) mass is 361 g/mol. The Labute approximate surface area is 146 Å². The number of aromatic nitrogens is 1. The number of anilines is 1. The van der Waals surface area contributed by atoms with E-state index in [0.717, 1.165) is 21.9 Å². The van der Waals surface area contributed by atoms with Crippen LogP contribution in [0.3, 0.4) is 0 Å². The number of aryl methyl sites for hydroxylation is 2. The van der Waals surface area contributed by atoms with Crippen molar-refractivity contribution >= 4 is 27.5 Å². The highest BCUT2D eigenvalue weighted by Gasteiger charge is 2.30. The summed E-state index contributed by atoms with van der Waals surface area (Å²) in [6.45, 7) is 3.98. The van der Waals surface area contributed by atoms with E-state index in [-0.39, 0.29) is 36.1 Å². The molecule has 25 heavy (non-hydrogen) atoms. The SMILES string of the molecule is Cc1cc(CNS(=O)(=O)c2ccc(N3C(=O)CCC3=O)cc2)c(C)[nH]1. The minimum absolute atomic E-state index is 0.0836. The first-order valence-electron chi connectivity index (χ1n) is 7.88. The molecule has 0 radical (unpaired) electrons. The molecule has 2 heterocycles. The molecule has 132 valence electrons. The van der Waals surface area contributed by atoms with E-state index in [1.54, 1.807) is 0 Å². The molecule has 0 unspecified atom stereocenters. The van der Waals surface area contributed by atoms with Crippen molar-refractivity contribution in [2.75, 3.05) is 4.90 Å². The summed E-state index contributed by atoms with van der Waals surface area (Å²) in [4.78, 5) is 27.8. The van der Waals surface area contributed by atoms with Gasteiger partial charge in [0.15, 0.2) is 0 Å². The number of sulfonamides is 1. The number of imide groups is 1. The highest BCUT2D eigenvalue weighted by Crippen LogP contribution is 2.24. The van der Waals surface area contributed by atoms with Crippen LogP contribution in [0.2, 0.25) is 0 Å². The average molecular weight is 361 g/mol. The van der Waals surface area contributed by atoms with Gasteiger partial charge in [0.25, 0.3) is 0 Å². The summed E-state index contributed by atoms with van der Waals surface area (Å²) in [5.74, 6) is -0.533. The molecule has 0 bridgehead atoms. The molecule has 0 aliphatic carbocycles. The minimum Gasteiger partial charge on any atom is -0.362 e. The van der Waals surface area contributed by atoms with E-state index in [2.05, 4.69) is 9.71 Å². The first-order chi connectivity index (χ1) is 11.8. The zero-order valence-corrected chi connectivity index (χ0v) is 14.8. The van der Waals surface area contributed by atoms with Crippen LogP contribution in [0.4, 0.5) is 5.69 Å². The van der Waals surface area contributed by atoms with Crippen molar-refractivity contribution in [1.82, 2.24) is 9.71 Å². The molecule has 1 aromatic heterocycles. The van der Waals surface area contributed by atoms with Crippen LogP contribution in [0.15, 0.2) is 35.2 Å². The fourth-order valence-electron chi connectivity index (χ4n) is 2.86. The van der Waals surface area contributed by atoms with Crippen LogP contribution >= 0.6 is 0 Å². The molecule has 1 fully saturated rings. The molecule has 0 saturated carbocycles. The van der Waals surface area contributed by atoms with Crippen molar-refractivity contribution in [3.05, 3.63) is 47.3 Å². The Morgan fingerprint density at radius 1 is 1.08 bits per heavy atom. The van der Waals surface area contributed by atoms with Gasteiger partial charge in [0.1, 0.15) is 0 Å². The van der Waals surface area contributed by atoms with Gasteiger partial charge in [0.2, 0.25) is 21.8 Å². The fraction of sp³-hybridized carbons (Fsp3) is 0.294. The largest absolute Gasteiger partial charge is 0.362 e. The Morgan fingerprint density at radius 3 is 2.20 bits per heavy atom. The number of nitrogens with zero attached hydrogens (tertiary/aromatic N) is 1. The van der Waals surface area contributed by atoms with Gasteiger partial charge in [-0.25, -0.2) is 13.1 Å². The maximum Gasteiger partial charge on any atom is 0.240 e. The van der Waals surface area contributed by atoms with Gasteiger partial charge < -0.3 is 4.98 Å². The molecule has 1 aromatic carbocycles. The zero-order chi connectivity index (χ0) is 18.2. The van der Waals surface area contributed by atoms with Gasteiger partial charge in [-0.05, 0) is 49.7 Å². The Balaban J connectivity index is 1.75. The van der Waals surface area contributed by atoms with Gasteiger partial charge in [0.05, 0.1) is 10.6 Å². The number of benzene rings is 1. The Bertz CT molecular complexity index is 913. The number of hydrogen-bond acceptors (Lipinski definition) is 4. The molecule has 2 amide bonds. The Hall–Kier alpha value is -2.45. The van der Waals surface area contributed by atoms with Crippen LogP contribution in [0.5, 0.6) is 0 Å². The minimum atomic E-state index is -3.69. The maximum atomic E-state index is 12.4. The van der Waals surface area contributed by atoms with Crippen LogP contribution in [0.25, 0.3) is 0 Å². The summed E-state index contributed by atoms with van der Waals surface area (Å²) in [6.07, 6.45) is 0.381. The van der Waals surface area contributed by atoms with Gasteiger partial charge in [-0.15, -0.1) is 0 Å². The molecular weight excluding hydrogens is 342 g/mol. The summed E-state index contributed by atoms with van der Waals surface area (Å²) < 4.78 is 27.4. The van der Waals surface area contributed by atoms with Gasteiger partial charge >= 0.3 is 0 Å². The second-order valence-electron chi connectivity index (χ2n) is 6.04. The number of rotatable bonds is 5. The molecule has 0 atom stereocenters. The van der Waals surface area contributed by atoms with Crippen molar-refractivity contribution < 1.29 is 18.0 Å². The predicted octanol–water partition coefficient (Wildman–Crippen LogP) is 1.76. The fourth-order valence-corrected chi connectivity index (χ4v) is 3.87. The molecule has 7 nitrogen and oxygen atoms in total. The zero-order valence-electron chi connectivity index (χ0n) is 14.0. The van der Waals surface area contributed by atoms with Gasteiger partial charge in [-0.1, -0.05) is 0 Å². The van der Waals surface area contributed by atoms with Crippen molar-refractivity contribution in [1.29, 1.82) is 0 Å². The average Bonchev–Trinajstić information content (AvgIpc) is 3.06. The standard InChI is InChI=1S/C17H19N3O4S/c1-11-9-13(12(2)19-11)10-18-25(23,24)15-5-3-14(4-6-15)20-16(21)7-8-17(20)22/h3-6,9,18-19H,7-8,10H2,1-2H3. The molecule has 0 spiro atoms. The van der Waals surface area contributed by atoms with Gasteiger partial charge in [-0.2, -0.15) is 0 Å². The summed E-state index contributed by atoms with van der Waals surface area (Å²) >= 11 is 0. The van der Waals surface area contributed by atoms with Crippen molar-refractivity contribution in [3.63, 3.8) is 0 Å². The van der Waals surface area contributed by atoms with Crippen molar-refractivity contribution in [3.8, 4) is 0 Å². The van der Waals surface area contributed by atoms with E-state index in [1.807, 2.05) is 19.9 Å². The van der Waals surface area contributed by atoms with Crippen LogP contribution in [-0.4, -0.2) is 25.2 Å². The quantitative estimate of drug-likeness (QED) is 0.793. The number of H-pyrrole nitrogens is 1. The number of carbonyl (C=O) groups excluding carboxylic acids is 2. The lowest BCUT2D eigenvalue weighted by molar-refractivity contribution is -0.121. The smallest absolute Gasteiger partial charge is 0.240 e. The van der Waals surface area contributed by atoms with Gasteiger partial charge in [-0.3, -0.25) is 14.5 Å². The number of nitrogens with one attached hydrogen (secondary N) is 2. The topological polar surface area (TPSA) is 99.3 Å². The highest BCUT2D eigenvalue weighted by atomic mass is 32.2. The Morgan fingerprint density at radius 2 is 1.68 bits per heavy atom. The lowest BCUT2D eigenvalue weighted by Crippen LogP contribution is -2.28. The van der Waals surface area contributed by atoms with E-state index >= 15 is 0 Å². The summed E-state index contributed by atoms with van der Waals surface area (Å²) in [7, 11) is -3.69. The third kappa shape index (κ3) is 3.49. The van der Waals surface area contributed by atoms with E-state index < -0.39 is 10.0 Å². The van der Waals surface area contributed by atoms with Crippen LogP contribution in [0, 0.1) is 13.8 Å². The number of aromatic amines is 1. The van der Waals surface area contributed by atoms with E-state index in [0.29, 0.717) is 5.69 Å². The summed E-state index contributed by atoms with van der Waals surface area (Å²) in [5.41, 5.74) is 3.16. The second kappa shape index (κ2) is 6.45. The third-order valence-electron chi connectivity index (χ3n) is 4.17. The van der Waals surface area contributed by atoms with Crippen LogP contribution in [0.1, 0.15) is 29.8 Å².